The van der Waals surface area contributed by atoms with E-state index < -0.39 is 9.84 Å². The first kappa shape index (κ1) is 18.9. The van der Waals surface area contributed by atoms with Crippen molar-refractivity contribution in [3.63, 3.8) is 0 Å². The molecule has 150 valence electrons. The van der Waals surface area contributed by atoms with Crippen LogP contribution in [0.2, 0.25) is 0 Å². The summed E-state index contributed by atoms with van der Waals surface area (Å²) in [6, 6.07) is 4.13. The van der Waals surface area contributed by atoms with Crippen molar-refractivity contribution in [1.29, 1.82) is 0 Å². The van der Waals surface area contributed by atoms with Gasteiger partial charge in [0.15, 0.2) is 11.6 Å². The molecule has 27 heavy (non-hydrogen) atoms. The molecule has 1 aromatic rings. The highest BCUT2D eigenvalue weighted by molar-refractivity contribution is 7.91. The van der Waals surface area contributed by atoms with Crippen molar-refractivity contribution in [2.24, 2.45) is 5.92 Å². The first-order valence-electron chi connectivity index (χ1n) is 9.93. The topological polar surface area (TPSA) is 78.9 Å². The molecule has 3 aliphatic heterocycles. The van der Waals surface area contributed by atoms with Gasteiger partial charge in [-0.25, -0.2) is 8.42 Å². The maximum atomic E-state index is 11.6. The Morgan fingerprint density at radius 2 is 1.44 bits per heavy atom. The Kier molecular flexibility index (Phi) is 5.79. The van der Waals surface area contributed by atoms with Gasteiger partial charge in [-0.05, 0) is 30.9 Å². The van der Waals surface area contributed by atoms with Crippen molar-refractivity contribution < 1.29 is 13.2 Å². The van der Waals surface area contributed by atoms with E-state index in [1.807, 2.05) is 0 Å². The molecule has 4 rings (SSSR count). The van der Waals surface area contributed by atoms with Crippen LogP contribution in [0, 0.1) is 5.92 Å². The molecular formula is C18H29N5O3S. The maximum absolute atomic E-state index is 11.6. The predicted octanol–water partition coefficient (Wildman–Crippen LogP) is 0.260. The zero-order valence-corrected chi connectivity index (χ0v) is 16.6. The zero-order valence-electron chi connectivity index (χ0n) is 15.8. The minimum absolute atomic E-state index is 0.364. The summed E-state index contributed by atoms with van der Waals surface area (Å²) in [6.45, 7) is 8.13. The second-order valence-electron chi connectivity index (χ2n) is 7.73. The lowest BCUT2D eigenvalue weighted by Crippen LogP contribution is -2.48. The van der Waals surface area contributed by atoms with Crippen LogP contribution in [0.4, 0.5) is 11.6 Å². The summed E-state index contributed by atoms with van der Waals surface area (Å²) in [5.74, 6) is 3.11. The first-order chi connectivity index (χ1) is 13.1. The molecule has 0 aliphatic carbocycles. The summed E-state index contributed by atoms with van der Waals surface area (Å²) in [6.07, 6.45) is 1.63. The van der Waals surface area contributed by atoms with Gasteiger partial charge in [-0.15, -0.1) is 10.2 Å². The molecule has 8 nitrogen and oxygen atoms in total. The number of hydrogen-bond donors (Lipinski definition) is 0. The Morgan fingerprint density at radius 1 is 0.889 bits per heavy atom. The fraction of sp³-hybridized carbons (Fsp3) is 0.778. The van der Waals surface area contributed by atoms with Gasteiger partial charge >= 0.3 is 0 Å². The normalized spacial score (nSPS) is 24.9. The molecule has 3 aliphatic rings. The standard InChI is InChI=1S/C18H29N5O3S/c24-27(25)13-3-16(4-14-27)15-21-5-7-22(8-6-21)17-1-2-18(20-19-17)23-9-11-26-12-10-23/h1-2,16H,3-15H2. The van der Waals surface area contributed by atoms with E-state index in [0.29, 0.717) is 17.4 Å². The van der Waals surface area contributed by atoms with E-state index in [-0.39, 0.29) is 0 Å². The van der Waals surface area contributed by atoms with Crippen LogP contribution in [0.1, 0.15) is 12.8 Å². The molecule has 0 radical (unpaired) electrons. The third kappa shape index (κ3) is 4.89. The van der Waals surface area contributed by atoms with Crippen molar-refractivity contribution in [2.45, 2.75) is 12.8 Å². The SMILES string of the molecule is O=S1(=O)CCC(CN2CCN(c3ccc(N4CCOCC4)nn3)CC2)CC1. The number of aromatic nitrogens is 2. The van der Waals surface area contributed by atoms with Crippen LogP contribution in [-0.4, -0.2) is 94.0 Å². The van der Waals surface area contributed by atoms with Gasteiger partial charge in [-0.3, -0.25) is 4.90 Å². The maximum Gasteiger partial charge on any atom is 0.151 e. The quantitative estimate of drug-likeness (QED) is 0.718. The van der Waals surface area contributed by atoms with Gasteiger partial charge in [0.25, 0.3) is 0 Å². The summed E-state index contributed by atoms with van der Waals surface area (Å²) < 4.78 is 28.5. The molecule has 1 aromatic heterocycles. The van der Waals surface area contributed by atoms with Gasteiger partial charge in [-0.2, -0.15) is 0 Å². The Bertz CT molecular complexity index is 699. The number of morpholine rings is 1. The summed E-state index contributed by atoms with van der Waals surface area (Å²) in [5, 5.41) is 8.85. The second-order valence-corrected chi connectivity index (χ2v) is 10.0. The van der Waals surface area contributed by atoms with Gasteiger partial charge in [0, 0.05) is 45.8 Å². The third-order valence-electron chi connectivity index (χ3n) is 5.86. The van der Waals surface area contributed by atoms with Gasteiger partial charge in [0.1, 0.15) is 9.84 Å². The van der Waals surface area contributed by atoms with Crippen LogP contribution in [-0.2, 0) is 14.6 Å². The van der Waals surface area contributed by atoms with Crippen molar-refractivity contribution in [1.82, 2.24) is 15.1 Å². The number of piperazine rings is 1. The highest BCUT2D eigenvalue weighted by atomic mass is 32.2. The number of rotatable bonds is 4. The highest BCUT2D eigenvalue weighted by Crippen LogP contribution is 2.22. The predicted molar refractivity (Wildman–Crippen MR) is 105 cm³/mol. The van der Waals surface area contributed by atoms with Gasteiger partial charge in [-0.1, -0.05) is 0 Å². The van der Waals surface area contributed by atoms with Gasteiger partial charge in [0.05, 0.1) is 24.7 Å². The van der Waals surface area contributed by atoms with Crippen molar-refractivity contribution in [3.05, 3.63) is 12.1 Å². The molecular weight excluding hydrogens is 366 g/mol. The van der Waals surface area contributed by atoms with E-state index in [1.54, 1.807) is 0 Å². The second kappa shape index (κ2) is 8.28. The van der Waals surface area contributed by atoms with Crippen molar-refractivity contribution >= 4 is 21.5 Å². The fourth-order valence-electron chi connectivity index (χ4n) is 4.09. The summed E-state index contributed by atoms with van der Waals surface area (Å²) >= 11 is 0. The number of ether oxygens (including phenoxy) is 1. The molecule has 0 saturated carbocycles. The lowest BCUT2D eigenvalue weighted by Gasteiger charge is -2.37. The lowest BCUT2D eigenvalue weighted by molar-refractivity contribution is 0.122. The smallest absolute Gasteiger partial charge is 0.151 e. The molecule has 0 amide bonds. The molecule has 9 heteroatoms. The molecule has 0 spiro atoms. The van der Waals surface area contributed by atoms with E-state index in [0.717, 1.165) is 83.5 Å². The largest absolute Gasteiger partial charge is 0.378 e. The van der Waals surface area contributed by atoms with Crippen molar-refractivity contribution in [3.8, 4) is 0 Å². The molecule has 0 bridgehead atoms. The van der Waals surface area contributed by atoms with Crippen LogP contribution in [0.25, 0.3) is 0 Å². The average Bonchev–Trinajstić information content (AvgIpc) is 2.71. The number of anilines is 2. The minimum atomic E-state index is -2.77. The average molecular weight is 396 g/mol. The van der Waals surface area contributed by atoms with Gasteiger partial charge < -0.3 is 14.5 Å². The zero-order chi connectivity index (χ0) is 18.7. The van der Waals surface area contributed by atoms with E-state index in [2.05, 4.69) is 37.0 Å². The summed E-state index contributed by atoms with van der Waals surface area (Å²) in [7, 11) is -2.77. The van der Waals surface area contributed by atoms with Crippen LogP contribution in [0.15, 0.2) is 12.1 Å². The third-order valence-corrected chi connectivity index (χ3v) is 7.57. The minimum Gasteiger partial charge on any atom is -0.378 e. The van der Waals surface area contributed by atoms with Crippen LogP contribution >= 0.6 is 0 Å². The van der Waals surface area contributed by atoms with E-state index in [4.69, 9.17) is 4.74 Å². The van der Waals surface area contributed by atoms with Gasteiger partial charge in [0.2, 0.25) is 0 Å². The Hall–Kier alpha value is -1.45. The summed E-state index contributed by atoms with van der Waals surface area (Å²) in [4.78, 5) is 6.97. The van der Waals surface area contributed by atoms with Crippen LogP contribution in [0.5, 0.6) is 0 Å². The number of nitrogens with zero attached hydrogens (tertiary/aromatic N) is 5. The molecule has 3 saturated heterocycles. The lowest BCUT2D eigenvalue weighted by atomic mass is 10.0. The highest BCUT2D eigenvalue weighted by Gasteiger charge is 2.27. The Labute approximate surface area is 161 Å². The molecule has 0 aromatic carbocycles. The first-order valence-corrected chi connectivity index (χ1v) is 11.8. The Morgan fingerprint density at radius 3 is 2.00 bits per heavy atom. The number of sulfone groups is 1. The summed E-state index contributed by atoms with van der Waals surface area (Å²) in [5.41, 5.74) is 0. The van der Waals surface area contributed by atoms with E-state index in [9.17, 15) is 8.42 Å². The molecule has 3 fully saturated rings. The number of hydrogen-bond acceptors (Lipinski definition) is 8. The molecule has 0 atom stereocenters. The van der Waals surface area contributed by atoms with Crippen molar-refractivity contribution in [2.75, 3.05) is 80.3 Å². The van der Waals surface area contributed by atoms with Crippen LogP contribution < -0.4 is 9.80 Å². The fourth-order valence-corrected chi connectivity index (χ4v) is 5.68. The van der Waals surface area contributed by atoms with E-state index >= 15 is 0 Å². The van der Waals surface area contributed by atoms with Crippen LogP contribution in [0.3, 0.4) is 0 Å². The Balaban J connectivity index is 1.25. The molecule has 0 unspecified atom stereocenters. The molecule has 4 heterocycles. The van der Waals surface area contributed by atoms with E-state index in [1.165, 1.54) is 0 Å². The molecule has 0 N–H and O–H groups in total. The monoisotopic (exact) mass is 395 g/mol.